The van der Waals surface area contributed by atoms with Crippen LogP contribution in [-0.4, -0.2) is 32.0 Å². The van der Waals surface area contributed by atoms with E-state index < -0.39 is 0 Å². The summed E-state index contributed by atoms with van der Waals surface area (Å²) in [5.41, 5.74) is 5.26. The van der Waals surface area contributed by atoms with Gasteiger partial charge in [-0.3, -0.25) is 9.48 Å². The van der Waals surface area contributed by atoms with Crippen molar-refractivity contribution >= 4 is 5.91 Å². The summed E-state index contributed by atoms with van der Waals surface area (Å²) in [5, 5.41) is 11.5. The Hall–Kier alpha value is -4.11. The quantitative estimate of drug-likeness (QED) is 0.513. The molecule has 0 saturated carbocycles. The van der Waals surface area contributed by atoms with E-state index in [2.05, 4.69) is 27.4 Å². The van der Waals surface area contributed by atoms with E-state index >= 15 is 0 Å². The molecule has 0 unspecified atom stereocenters. The van der Waals surface area contributed by atoms with Gasteiger partial charge >= 0.3 is 0 Å². The molecule has 4 aromatic rings. The highest BCUT2D eigenvalue weighted by Crippen LogP contribution is 2.16. The topological polar surface area (TPSA) is 64.7 Å². The molecule has 31 heavy (non-hydrogen) atoms. The molecule has 0 aliphatic heterocycles. The monoisotopic (exact) mass is 409 g/mol. The molecule has 1 N–H and O–H groups in total. The van der Waals surface area contributed by atoms with Crippen molar-refractivity contribution in [2.24, 2.45) is 0 Å². The van der Waals surface area contributed by atoms with Gasteiger partial charge in [0.1, 0.15) is 0 Å². The normalized spacial score (nSPS) is 10.4. The van der Waals surface area contributed by atoms with Crippen LogP contribution in [0.4, 0.5) is 0 Å². The maximum atomic E-state index is 12.7. The Morgan fingerprint density at radius 3 is 2.65 bits per heavy atom. The standard InChI is InChI=1S/C25H23N5O/c1-19-5-3-6-21(17-19)7-8-22-18-23(9-10-24(22)30-15-4-12-27-30)25(31)26-14-16-29-20(2)11-13-28-29/h3-6,9-13,15,17-18H,14,16H2,1-2H3,(H,26,31). The van der Waals surface area contributed by atoms with Crippen molar-refractivity contribution in [2.45, 2.75) is 20.4 Å². The summed E-state index contributed by atoms with van der Waals surface area (Å²) in [6, 6.07) is 17.3. The third kappa shape index (κ3) is 4.90. The molecular weight excluding hydrogens is 386 g/mol. The highest BCUT2D eigenvalue weighted by molar-refractivity contribution is 5.95. The molecule has 0 radical (unpaired) electrons. The number of hydrogen-bond acceptors (Lipinski definition) is 3. The summed E-state index contributed by atoms with van der Waals surface area (Å²) in [4.78, 5) is 12.7. The number of carbonyl (C=O) groups excluding carboxylic acids is 1. The summed E-state index contributed by atoms with van der Waals surface area (Å²) < 4.78 is 3.61. The van der Waals surface area contributed by atoms with Gasteiger partial charge in [-0.25, -0.2) is 4.68 Å². The molecule has 0 atom stereocenters. The zero-order valence-corrected chi connectivity index (χ0v) is 17.5. The zero-order chi connectivity index (χ0) is 21.6. The van der Waals surface area contributed by atoms with Gasteiger partial charge in [0.2, 0.25) is 0 Å². The lowest BCUT2D eigenvalue weighted by Gasteiger charge is -2.10. The zero-order valence-electron chi connectivity index (χ0n) is 17.5. The van der Waals surface area contributed by atoms with Crippen LogP contribution in [0.25, 0.3) is 5.69 Å². The number of nitrogens with one attached hydrogen (secondary N) is 1. The molecule has 1 amide bonds. The van der Waals surface area contributed by atoms with E-state index in [0.717, 1.165) is 28.1 Å². The fourth-order valence-electron chi connectivity index (χ4n) is 3.26. The van der Waals surface area contributed by atoms with Crippen molar-refractivity contribution in [3.8, 4) is 17.5 Å². The maximum Gasteiger partial charge on any atom is 0.251 e. The Labute approximate surface area is 181 Å². The largest absolute Gasteiger partial charge is 0.350 e. The smallest absolute Gasteiger partial charge is 0.251 e. The number of hydrogen-bond donors (Lipinski definition) is 1. The third-order valence-corrected chi connectivity index (χ3v) is 4.91. The van der Waals surface area contributed by atoms with E-state index in [0.29, 0.717) is 18.7 Å². The summed E-state index contributed by atoms with van der Waals surface area (Å²) in [6.07, 6.45) is 5.33. The Bertz CT molecular complexity index is 1260. The van der Waals surface area contributed by atoms with Crippen LogP contribution in [0.2, 0.25) is 0 Å². The summed E-state index contributed by atoms with van der Waals surface area (Å²) in [5.74, 6) is 6.28. The van der Waals surface area contributed by atoms with Crippen LogP contribution in [0.15, 0.2) is 73.2 Å². The van der Waals surface area contributed by atoms with E-state index in [1.54, 1.807) is 23.1 Å². The number of rotatable bonds is 5. The van der Waals surface area contributed by atoms with E-state index in [1.807, 2.05) is 73.3 Å². The van der Waals surface area contributed by atoms with Gasteiger partial charge in [-0.1, -0.05) is 24.0 Å². The predicted octanol–water partition coefficient (Wildman–Crippen LogP) is 3.52. The molecule has 2 aromatic heterocycles. The average Bonchev–Trinajstić information content (AvgIpc) is 3.44. The van der Waals surface area contributed by atoms with Gasteiger partial charge in [-0.05, 0) is 61.9 Å². The Morgan fingerprint density at radius 1 is 1.00 bits per heavy atom. The van der Waals surface area contributed by atoms with Crippen molar-refractivity contribution in [1.82, 2.24) is 24.9 Å². The van der Waals surface area contributed by atoms with Gasteiger partial charge in [0.05, 0.1) is 17.8 Å². The lowest BCUT2D eigenvalue weighted by molar-refractivity contribution is 0.0952. The maximum absolute atomic E-state index is 12.7. The van der Waals surface area contributed by atoms with Crippen LogP contribution in [-0.2, 0) is 6.54 Å². The van der Waals surface area contributed by atoms with Crippen LogP contribution in [0.5, 0.6) is 0 Å². The SMILES string of the molecule is Cc1cccc(C#Cc2cc(C(=O)NCCn3nccc3C)ccc2-n2cccn2)c1. The molecule has 6 heteroatoms. The Balaban J connectivity index is 1.57. The first-order chi connectivity index (χ1) is 15.1. The van der Waals surface area contributed by atoms with Crippen molar-refractivity contribution in [1.29, 1.82) is 0 Å². The third-order valence-electron chi connectivity index (χ3n) is 4.91. The fraction of sp³-hybridized carbons (Fsp3) is 0.160. The first-order valence-corrected chi connectivity index (χ1v) is 10.1. The van der Waals surface area contributed by atoms with Crippen LogP contribution < -0.4 is 5.32 Å². The second-order valence-electron chi connectivity index (χ2n) is 7.25. The Morgan fingerprint density at radius 2 is 1.90 bits per heavy atom. The molecule has 2 aromatic carbocycles. The first-order valence-electron chi connectivity index (χ1n) is 10.1. The molecule has 0 bridgehead atoms. The Kier molecular flexibility index (Phi) is 5.95. The fourth-order valence-corrected chi connectivity index (χ4v) is 3.26. The van der Waals surface area contributed by atoms with Crippen molar-refractivity contribution in [3.63, 3.8) is 0 Å². The molecule has 0 saturated heterocycles. The van der Waals surface area contributed by atoms with Crippen LogP contribution >= 0.6 is 0 Å². The van der Waals surface area contributed by atoms with Gasteiger partial charge in [0.25, 0.3) is 5.91 Å². The minimum atomic E-state index is -0.143. The molecule has 0 spiro atoms. The summed E-state index contributed by atoms with van der Waals surface area (Å²) in [6.45, 7) is 5.14. The van der Waals surface area contributed by atoms with Crippen molar-refractivity contribution in [3.05, 3.63) is 101 Å². The van der Waals surface area contributed by atoms with Gasteiger partial charge < -0.3 is 5.32 Å². The number of aryl methyl sites for hydroxylation is 2. The number of benzene rings is 2. The van der Waals surface area contributed by atoms with Gasteiger partial charge in [-0.2, -0.15) is 10.2 Å². The number of aromatic nitrogens is 4. The molecule has 0 aliphatic carbocycles. The van der Waals surface area contributed by atoms with Crippen LogP contribution in [0, 0.1) is 25.7 Å². The number of amides is 1. The van der Waals surface area contributed by atoms with Crippen molar-refractivity contribution in [2.75, 3.05) is 6.54 Å². The van der Waals surface area contributed by atoms with Gasteiger partial charge in [0.15, 0.2) is 0 Å². The van der Waals surface area contributed by atoms with E-state index in [-0.39, 0.29) is 5.91 Å². The van der Waals surface area contributed by atoms with Gasteiger partial charge in [-0.15, -0.1) is 0 Å². The lowest BCUT2D eigenvalue weighted by atomic mass is 10.1. The van der Waals surface area contributed by atoms with E-state index in [4.69, 9.17) is 0 Å². The van der Waals surface area contributed by atoms with Crippen LogP contribution in [0.1, 0.15) is 32.7 Å². The molecule has 2 heterocycles. The average molecular weight is 409 g/mol. The molecule has 6 nitrogen and oxygen atoms in total. The number of carbonyl (C=O) groups is 1. The molecule has 0 aliphatic rings. The van der Waals surface area contributed by atoms with E-state index in [1.165, 1.54) is 0 Å². The van der Waals surface area contributed by atoms with Crippen molar-refractivity contribution < 1.29 is 4.79 Å². The molecule has 4 rings (SSSR count). The highest BCUT2D eigenvalue weighted by Gasteiger charge is 2.10. The molecular formula is C25H23N5O. The molecule has 154 valence electrons. The van der Waals surface area contributed by atoms with Crippen LogP contribution in [0.3, 0.4) is 0 Å². The second-order valence-corrected chi connectivity index (χ2v) is 7.25. The first kappa shape index (κ1) is 20.2. The lowest BCUT2D eigenvalue weighted by Crippen LogP contribution is -2.27. The second kappa shape index (κ2) is 9.14. The summed E-state index contributed by atoms with van der Waals surface area (Å²) in [7, 11) is 0. The molecule has 0 fully saturated rings. The number of nitrogens with zero attached hydrogens (tertiary/aromatic N) is 4. The van der Waals surface area contributed by atoms with E-state index in [9.17, 15) is 4.79 Å². The summed E-state index contributed by atoms with van der Waals surface area (Å²) >= 11 is 0. The minimum absolute atomic E-state index is 0.143. The predicted molar refractivity (Wildman–Crippen MR) is 120 cm³/mol. The van der Waals surface area contributed by atoms with Gasteiger partial charge in [0, 0.05) is 42.0 Å². The highest BCUT2D eigenvalue weighted by atomic mass is 16.1. The minimum Gasteiger partial charge on any atom is -0.350 e.